The molecule has 1 aliphatic heterocycles. The molecule has 1 N–H and O–H groups in total. The van der Waals surface area contributed by atoms with Gasteiger partial charge in [0, 0.05) is 38.4 Å². The van der Waals surface area contributed by atoms with Gasteiger partial charge >= 0.3 is 0 Å². The summed E-state index contributed by atoms with van der Waals surface area (Å²) in [6, 6.07) is 7.90. The van der Waals surface area contributed by atoms with Gasteiger partial charge in [-0.25, -0.2) is 0 Å². The lowest BCUT2D eigenvalue weighted by molar-refractivity contribution is -0.129. The van der Waals surface area contributed by atoms with Crippen LogP contribution in [0.15, 0.2) is 47.7 Å². The zero-order chi connectivity index (χ0) is 20.6. The summed E-state index contributed by atoms with van der Waals surface area (Å²) in [6.07, 6.45) is 7.29. The van der Waals surface area contributed by atoms with Crippen molar-refractivity contribution in [2.75, 3.05) is 6.54 Å². The van der Waals surface area contributed by atoms with Crippen LogP contribution in [0.5, 0.6) is 0 Å². The summed E-state index contributed by atoms with van der Waals surface area (Å²) < 4.78 is 0. The molecule has 5 heteroatoms. The average Bonchev–Trinajstić information content (AvgIpc) is 2.69. The van der Waals surface area contributed by atoms with Gasteiger partial charge in [-0.3, -0.25) is 9.59 Å². The first kappa shape index (κ1) is 20.6. The molecule has 0 aromatic heterocycles. The van der Waals surface area contributed by atoms with Crippen molar-refractivity contribution < 1.29 is 15.8 Å². The van der Waals surface area contributed by atoms with Crippen molar-refractivity contribution in [1.82, 2.24) is 10.2 Å². The Bertz CT molecular complexity index is 937. The SMILES string of the molecule is CC(=O)CCCC(=O)NCCC(=O)N1Cc2ccccc2C#CC2=C1C=CCC2.[HH]. The van der Waals surface area contributed by atoms with Crippen molar-refractivity contribution in [3.63, 3.8) is 0 Å². The standard InChI is InChI=1S/C24H26N2O3.H2/c1-18(27)7-6-12-23(28)25-16-15-24(29)26-17-21-10-3-2-8-19(21)13-14-20-9-4-5-11-22(20)26;/h2-3,5,8,10-11H,4,6-7,9,12,15-17H2,1H3,(H,25,28);1H. The number of amides is 2. The maximum atomic E-state index is 13.0. The monoisotopic (exact) mass is 392 g/mol. The highest BCUT2D eigenvalue weighted by molar-refractivity contribution is 5.81. The maximum Gasteiger partial charge on any atom is 0.229 e. The molecule has 152 valence electrons. The molecule has 0 saturated carbocycles. The van der Waals surface area contributed by atoms with Crippen molar-refractivity contribution in [2.24, 2.45) is 0 Å². The van der Waals surface area contributed by atoms with E-state index in [-0.39, 0.29) is 32.0 Å². The van der Waals surface area contributed by atoms with Gasteiger partial charge < -0.3 is 15.0 Å². The van der Waals surface area contributed by atoms with Crippen LogP contribution in [-0.4, -0.2) is 29.0 Å². The molecule has 1 heterocycles. The number of hydrogen-bond acceptors (Lipinski definition) is 3. The van der Waals surface area contributed by atoms with Gasteiger partial charge in [0.25, 0.3) is 0 Å². The van der Waals surface area contributed by atoms with E-state index in [9.17, 15) is 14.4 Å². The Kier molecular flexibility index (Phi) is 7.02. The van der Waals surface area contributed by atoms with Gasteiger partial charge in [-0.2, -0.15) is 0 Å². The fourth-order valence-electron chi connectivity index (χ4n) is 3.46. The van der Waals surface area contributed by atoms with Crippen molar-refractivity contribution in [2.45, 2.75) is 52.0 Å². The van der Waals surface area contributed by atoms with Gasteiger partial charge in [-0.1, -0.05) is 36.1 Å². The number of nitrogens with zero attached hydrogens (tertiary/aromatic N) is 1. The van der Waals surface area contributed by atoms with E-state index in [1.807, 2.05) is 30.3 Å². The van der Waals surface area contributed by atoms with Gasteiger partial charge in [0.05, 0.1) is 12.2 Å². The minimum Gasteiger partial charge on any atom is -0.356 e. The molecule has 0 fully saturated rings. The number of rotatable bonds is 7. The predicted molar refractivity (Wildman–Crippen MR) is 114 cm³/mol. The van der Waals surface area contributed by atoms with Crippen LogP contribution in [0.2, 0.25) is 0 Å². The molecule has 5 nitrogen and oxygen atoms in total. The van der Waals surface area contributed by atoms with Gasteiger partial charge in [0.15, 0.2) is 0 Å². The summed E-state index contributed by atoms with van der Waals surface area (Å²) in [7, 11) is 0. The number of carbonyl (C=O) groups is 3. The molecule has 29 heavy (non-hydrogen) atoms. The molecule has 3 rings (SSSR count). The molecule has 0 saturated heterocycles. The van der Waals surface area contributed by atoms with Gasteiger partial charge in [-0.15, -0.1) is 0 Å². The minimum absolute atomic E-state index is 0. The van der Waals surface area contributed by atoms with Crippen molar-refractivity contribution in [1.29, 1.82) is 0 Å². The third kappa shape index (κ3) is 5.68. The topological polar surface area (TPSA) is 66.5 Å². The van der Waals surface area contributed by atoms with Crippen molar-refractivity contribution in [3.8, 4) is 11.8 Å². The first-order valence-corrected chi connectivity index (χ1v) is 10.1. The molecule has 0 atom stereocenters. The van der Waals surface area contributed by atoms with Crippen LogP contribution in [0.3, 0.4) is 0 Å². The lowest BCUT2D eigenvalue weighted by Gasteiger charge is -2.28. The first-order valence-electron chi connectivity index (χ1n) is 10.1. The number of fused-ring (bicyclic) bond motifs is 1. The Hall–Kier alpha value is -3.13. The van der Waals surface area contributed by atoms with E-state index in [2.05, 4.69) is 23.2 Å². The normalized spacial score (nSPS) is 14.7. The number of hydrogen-bond donors (Lipinski definition) is 1. The number of allylic oxidation sites excluding steroid dienone is 3. The second-order valence-corrected chi connectivity index (χ2v) is 7.35. The number of benzene rings is 1. The predicted octanol–water partition coefficient (Wildman–Crippen LogP) is 3.50. The van der Waals surface area contributed by atoms with Crippen LogP contribution in [0.1, 0.15) is 58.0 Å². The Balaban J connectivity index is 0.00000320. The maximum absolute atomic E-state index is 13.0. The second kappa shape index (κ2) is 9.88. The molecule has 2 aliphatic rings. The fraction of sp³-hybridized carbons (Fsp3) is 0.375. The smallest absolute Gasteiger partial charge is 0.229 e. The van der Waals surface area contributed by atoms with Crippen LogP contribution >= 0.6 is 0 Å². The van der Waals surface area contributed by atoms with Gasteiger partial charge in [-0.05, 0) is 43.9 Å². The lowest BCUT2D eigenvalue weighted by Crippen LogP contribution is -2.34. The third-order valence-electron chi connectivity index (χ3n) is 5.03. The van der Waals surface area contributed by atoms with Gasteiger partial charge in [0.2, 0.25) is 11.8 Å². The Morgan fingerprint density at radius 2 is 1.97 bits per heavy atom. The summed E-state index contributed by atoms with van der Waals surface area (Å²) in [6.45, 7) is 2.28. The summed E-state index contributed by atoms with van der Waals surface area (Å²) in [5.41, 5.74) is 3.83. The molecule has 1 aromatic carbocycles. The summed E-state index contributed by atoms with van der Waals surface area (Å²) >= 11 is 0. The van der Waals surface area contributed by atoms with Crippen LogP contribution < -0.4 is 5.32 Å². The van der Waals surface area contributed by atoms with E-state index >= 15 is 0 Å². The Morgan fingerprint density at radius 1 is 1.14 bits per heavy atom. The Morgan fingerprint density at radius 3 is 2.79 bits per heavy atom. The van der Waals surface area contributed by atoms with Crippen LogP contribution in [0.25, 0.3) is 0 Å². The van der Waals surface area contributed by atoms with E-state index in [1.54, 1.807) is 4.90 Å². The molecule has 2 amide bonds. The van der Waals surface area contributed by atoms with E-state index < -0.39 is 0 Å². The molecule has 1 aromatic rings. The molecule has 0 spiro atoms. The highest BCUT2D eigenvalue weighted by Gasteiger charge is 2.23. The largest absolute Gasteiger partial charge is 0.356 e. The highest BCUT2D eigenvalue weighted by Crippen LogP contribution is 2.26. The summed E-state index contributed by atoms with van der Waals surface area (Å²) in [4.78, 5) is 37.7. The summed E-state index contributed by atoms with van der Waals surface area (Å²) in [5, 5.41) is 2.79. The lowest BCUT2D eigenvalue weighted by atomic mass is 9.97. The average molecular weight is 392 g/mol. The molecule has 0 radical (unpaired) electrons. The minimum atomic E-state index is -0.125. The number of carbonyl (C=O) groups excluding carboxylic acids is 3. The van der Waals surface area contributed by atoms with Gasteiger partial charge in [0.1, 0.15) is 5.78 Å². The van der Waals surface area contributed by atoms with Crippen LogP contribution in [-0.2, 0) is 20.9 Å². The zero-order valence-corrected chi connectivity index (χ0v) is 16.8. The quantitative estimate of drug-likeness (QED) is 0.723. The molecule has 0 bridgehead atoms. The zero-order valence-electron chi connectivity index (χ0n) is 16.8. The van der Waals surface area contributed by atoms with Crippen LogP contribution in [0, 0.1) is 11.8 Å². The Labute approximate surface area is 173 Å². The second-order valence-electron chi connectivity index (χ2n) is 7.35. The van der Waals surface area contributed by atoms with Crippen molar-refractivity contribution >= 4 is 17.6 Å². The number of nitrogens with one attached hydrogen (secondary N) is 1. The highest BCUT2D eigenvalue weighted by atomic mass is 16.2. The van der Waals surface area contributed by atoms with Crippen molar-refractivity contribution in [3.05, 3.63) is 58.8 Å². The number of Topliss-reactive ketones (excluding diaryl/α,β-unsaturated/α-hetero) is 1. The van der Waals surface area contributed by atoms with E-state index in [1.165, 1.54) is 6.92 Å². The number of ketones is 1. The first-order chi connectivity index (χ1) is 14.0. The van der Waals surface area contributed by atoms with E-state index in [0.717, 1.165) is 35.2 Å². The molecule has 1 aliphatic carbocycles. The summed E-state index contributed by atoms with van der Waals surface area (Å²) in [5.74, 6) is 6.43. The van der Waals surface area contributed by atoms with E-state index in [0.29, 0.717) is 25.8 Å². The fourth-order valence-corrected chi connectivity index (χ4v) is 3.46. The molecular weight excluding hydrogens is 364 g/mol. The van der Waals surface area contributed by atoms with E-state index in [4.69, 9.17) is 0 Å². The van der Waals surface area contributed by atoms with Crippen LogP contribution in [0.4, 0.5) is 0 Å². The molecule has 0 unspecified atom stereocenters. The molecular formula is C24H28N2O3. The third-order valence-corrected chi connectivity index (χ3v) is 5.03.